The van der Waals surface area contributed by atoms with Gasteiger partial charge in [-0.1, -0.05) is 0 Å². The van der Waals surface area contributed by atoms with Crippen LogP contribution in [0.5, 0.6) is 0 Å². The van der Waals surface area contributed by atoms with Gasteiger partial charge in [0.1, 0.15) is 11.9 Å². The normalized spacial score (nSPS) is 16.9. The predicted molar refractivity (Wildman–Crippen MR) is 139 cm³/mol. The molecule has 4 aromatic rings. The molecule has 6 rings (SSSR count). The quantitative estimate of drug-likeness (QED) is 0.462. The van der Waals surface area contributed by atoms with Gasteiger partial charge >= 0.3 is 0 Å². The Morgan fingerprint density at radius 1 is 1.16 bits per heavy atom. The van der Waals surface area contributed by atoms with E-state index in [1.54, 1.807) is 24.5 Å². The summed E-state index contributed by atoms with van der Waals surface area (Å²) in [6.07, 6.45) is 4.96. The molecule has 0 atom stereocenters. The molecule has 0 spiro atoms. The van der Waals surface area contributed by atoms with Crippen molar-refractivity contribution < 1.29 is 9.53 Å². The van der Waals surface area contributed by atoms with E-state index < -0.39 is 0 Å². The Bertz CT molecular complexity index is 1600. The molecule has 188 valence electrons. The van der Waals surface area contributed by atoms with Crippen molar-refractivity contribution in [2.24, 2.45) is 0 Å². The van der Waals surface area contributed by atoms with Gasteiger partial charge in [-0.05, 0) is 49.6 Å². The van der Waals surface area contributed by atoms with Crippen LogP contribution in [-0.2, 0) is 4.74 Å². The first-order chi connectivity index (χ1) is 18.0. The number of H-pyrrole nitrogens is 1. The predicted octanol–water partition coefficient (Wildman–Crippen LogP) is 2.77. The number of carbonyl (C=O) groups excluding carboxylic acids is 1. The molecular weight excluding hydrogens is 470 g/mol. The summed E-state index contributed by atoms with van der Waals surface area (Å²) >= 11 is 0. The lowest BCUT2D eigenvalue weighted by Crippen LogP contribution is -2.49. The number of pyridine rings is 2. The van der Waals surface area contributed by atoms with Crippen LogP contribution in [0.2, 0.25) is 0 Å². The van der Waals surface area contributed by atoms with E-state index in [-0.39, 0.29) is 17.5 Å². The van der Waals surface area contributed by atoms with E-state index in [1.807, 2.05) is 28.6 Å². The van der Waals surface area contributed by atoms with Gasteiger partial charge in [-0.25, -0.2) is 4.98 Å². The molecule has 0 aliphatic carbocycles. The Balaban J connectivity index is 1.33. The van der Waals surface area contributed by atoms with Crippen molar-refractivity contribution in [3.8, 4) is 6.07 Å². The highest BCUT2D eigenvalue weighted by atomic mass is 16.5. The number of benzene rings is 1. The number of aryl methyl sites for hydroxylation is 1. The summed E-state index contributed by atoms with van der Waals surface area (Å²) in [6.45, 7) is 5.47. The fourth-order valence-corrected chi connectivity index (χ4v) is 5.46. The number of aromatic nitrogens is 4. The Labute approximate surface area is 213 Å². The van der Waals surface area contributed by atoms with Crippen LogP contribution in [0.15, 0.2) is 41.5 Å². The minimum Gasteiger partial charge on any atom is -0.381 e. The maximum absolute atomic E-state index is 13.7. The standard InChI is InChI=1S/C27H27N7O3/c1-17-13-23-21(24-22(26(35)31-23)16-30-34(24)19-4-11-37-12-5-19)14-20(17)27(36)33-9-7-32(8-10-33)25-18(15-28)3-2-6-29-25/h2-3,6,13-14,16,19H,4-5,7-12H2,1H3,(H,31,35). The molecule has 1 N–H and O–H groups in total. The number of piperazine rings is 1. The summed E-state index contributed by atoms with van der Waals surface area (Å²) in [7, 11) is 0. The number of aromatic amines is 1. The Hall–Kier alpha value is -4.23. The highest BCUT2D eigenvalue weighted by Crippen LogP contribution is 2.30. The van der Waals surface area contributed by atoms with Gasteiger partial charge in [0, 0.05) is 56.5 Å². The molecule has 10 nitrogen and oxygen atoms in total. The maximum atomic E-state index is 13.7. The number of rotatable bonds is 3. The number of carbonyl (C=O) groups is 1. The highest BCUT2D eigenvalue weighted by Gasteiger charge is 2.27. The summed E-state index contributed by atoms with van der Waals surface area (Å²) in [5.74, 6) is 0.615. The minimum absolute atomic E-state index is 0.0444. The molecule has 0 unspecified atom stereocenters. The molecule has 1 aromatic carbocycles. The van der Waals surface area contributed by atoms with Crippen LogP contribution >= 0.6 is 0 Å². The van der Waals surface area contributed by atoms with Crippen molar-refractivity contribution in [3.05, 3.63) is 63.7 Å². The average molecular weight is 498 g/mol. The smallest absolute Gasteiger partial charge is 0.259 e. The lowest BCUT2D eigenvalue weighted by Gasteiger charge is -2.36. The topological polar surface area (TPSA) is 120 Å². The SMILES string of the molecule is Cc1cc2[nH]c(=O)c3cnn(C4CCOCC4)c3c2cc1C(=O)N1CCN(c2ncccc2C#N)CC1. The fourth-order valence-electron chi connectivity index (χ4n) is 5.46. The number of nitriles is 1. The molecule has 10 heteroatoms. The first kappa shape index (κ1) is 23.2. The Morgan fingerprint density at radius 2 is 1.95 bits per heavy atom. The molecule has 0 saturated carbocycles. The fraction of sp³-hybridized carbons (Fsp3) is 0.370. The zero-order chi connectivity index (χ0) is 25.5. The molecule has 0 bridgehead atoms. The number of amides is 1. The molecule has 1 amide bonds. The molecule has 2 aliphatic rings. The van der Waals surface area contributed by atoms with Crippen LogP contribution in [0.4, 0.5) is 5.82 Å². The zero-order valence-corrected chi connectivity index (χ0v) is 20.6. The van der Waals surface area contributed by atoms with Gasteiger partial charge in [-0.15, -0.1) is 0 Å². The van der Waals surface area contributed by atoms with Crippen LogP contribution < -0.4 is 10.5 Å². The second-order valence-electron chi connectivity index (χ2n) is 9.63. The summed E-state index contributed by atoms with van der Waals surface area (Å²) in [4.78, 5) is 37.8. The number of nitrogens with one attached hydrogen (secondary N) is 1. The lowest BCUT2D eigenvalue weighted by molar-refractivity contribution is 0.0675. The van der Waals surface area contributed by atoms with Gasteiger partial charge in [-0.3, -0.25) is 14.3 Å². The minimum atomic E-state index is -0.179. The Morgan fingerprint density at radius 3 is 2.70 bits per heavy atom. The number of hydrogen-bond acceptors (Lipinski definition) is 7. The van der Waals surface area contributed by atoms with Crippen LogP contribution in [-0.4, -0.2) is 69.9 Å². The van der Waals surface area contributed by atoms with E-state index in [0.717, 1.165) is 29.3 Å². The summed E-state index contributed by atoms with van der Waals surface area (Å²) in [6, 6.07) is 9.64. The summed E-state index contributed by atoms with van der Waals surface area (Å²) in [5.41, 5.74) is 3.25. The molecule has 37 heavy (non-hydrogen) atoms. The van der Waals surface area contributed by atoms with Gasteiger partial charge in [0.2, 0.25) is 0 Å². The van der Waals surface area contributed by atoms with Crippen molar-refractivity contribution in [1.82, 2.24) is 24.6 Å². The van der Waals surface area contributed by atoms with Crippen molar-refractivity contribution in [2.75, 3.05) is 44.3 Å². The molecule has 2 fully saturated rings. The molecule has 2 saturated heterocycles. The highest BCUT2D eigenvalue weighted by molar-refractivity contribution is 6.07. The second-order valence-corrected chi connectivity index (χ2v) is 9.63. The van der Waals surface area contributed by atoms with Crippen LogP contribution in [0.25, 0.3) is 21.8 Å². The second kappa shape index (κ2) is 9.33. The number of hydrogen-bond donors (Lipinski definition) is 1. The molecular formula is C27H27N7O3. The van der Waals surface area contributed by atoms with Crippen molar-refractivity contribution >= 4 is 33.5 Å². The third-order valence-corrected chi connectivity index (χ3v) is 7.45. The van der Waals surface area contributed by atoms with E-state index in [0.29, 0.717) is 67.2 Å². The van der Waals surface area contributed by atoms with Crippen molar-refractivity contribution in [1.29, 1.82) is 5.26 Å². The van der Waals surface area contributed by atoms with Gasteiger partial charge < -0.3 is 19.5 Å². The van der Waals surface area contributed by atoms with E-state index in [4.69, 9.17) is 4.74 Å². The molecule has 0 radical (unpaired) electrons. The third kappa shape index (κ3) is 4.01. The van der Waals surface area contributed by atoms with Gasteiger partial charge in [0.05, 0.1) is 34.2 Å². The van der Waals surface area contributed by atoms with E-state index >= 15 is 0 Å². The number of anilines is 1. The van der Waals surface area contributed by atoms with Crippen LogP contribution in [0.3, 0.4) is 0 Å². The van der Waals surface area contributed by atoms with Gasteiger partial charge in [-0.2, -0.15) is 10.4 Å². The number of fused-ring (bicyclic) bond motifs is 3. The average Bonchev–Trinajstić information content (AvgIpc) is 3.39. The molecule has 3 aromatic heterocycles. The third-order valence-electron chi connectivity index (χ3n) is 7.45. The maximum Gasteiger partial charge on any atom is 0.259 e. The van der Waals surface area contributed by atoms with E-state index in [2.05, 4.69) is 26.0 Å². The van der Waals surface area contributed by atoms with Crippen LogP contribution in [0, 0.1) is 18.3 Å². The molecule has 5 heterocycles. The first-order valence-electron chi connectivity index (χ1n) is 12.6. The Kier molecular flexibility index (Phi) is 5.85. The van der Waals surface area contributed by atoms with E-state index in [1.165, 1.54) is 0 Å². The number of nitrogens with zero attached hydrogens (tertiary/aromatic N) is 6. The van der Waals surface area contributed by atoms with Gasteiger partial charge in [0.25, 0.3) is 11.5 Å². The largest absolute Gasteiger partial charge is 0.381 e. The van der Waals surface area contributed by atoms with Crippen molar-refractivity contribution in [2.45, 2.75) is 25.8 Å². The first-order valence-corrected chi connectivity index (χ1v) is 12.6. The van der Waals surface area contributed by atoms with Crippen LogP contribution in [0.1, 0.15) is 40.4 Å². The zero-order valence-electron chi connectivity index (χ0n) is 20.6. The summed E-state index contributed by atoms with van der Waals surface area (Å²) in [5, 5.41) is 15.3. The van der Waals surface area contributed by atoms with E-state index in [9.17, 15) is 14.9 Å². The van der Waals surface area contributed by atoms with Gasteiger partial charge in [0.15, 0.2) is 0 Å². The molecule has 2 aliphatic heterocycles. The monoisotopic (exact) mass is 497 g/mol. The van der Waals surface area contributed by atoms with Crippen molar-refractivity contribution in [3.63, 3.8) is 0 Å². The number of ether oxygens (including phenoxy) is 1. The lowest BCUT2D eigenvalue weighted by atomic mass is 10.0. The summed E-state index contributed by atoms with van der Waals surface area (Å²) < 4.78 is 7.46.